The average Bonchev–Trinajstić information content (AvgIpc) is 3.12. The Bertz CT molecular complexity index is 1300. The number of hydrogen-bond donors (Lipinski definition) is 1. The van der Waals surface area contributed by atoms with E-state index < -0.39 is 17.6 Å². The third-order valence-electron chi connectivity index (χ3n) is 5.00. The number of aromatic nitrogens is 1. The van der Waals surface area contributed by atoms with Crippen molar-refractivity contribution in [1.82, 2.24) is 4.57 Å². The highest BCUT2D eigenvalue weighted by atomic mass is 16.5. The van der Waals surface area contributed by atoms with Gasteiger partial charge in [-0.2, -0.15) is 0 Å². The van der Waals surface area contributed by atoms with Gasteiger partial charge in [-0.1, -0.05) is 30.3 Å². The van der Waals surface area contributed by atoms with E-state index in [1.54, 1.807) is 73.8 Å². The lowest BCUT2D eigenvalue weighted by Crippen LogP contribution is -2.30. The van der Waals surface area contributed by atoms with E-state index in [2.05, 4.69) is 0 Å². The molecule has 156 valence electrons. The van der Waals surface area contributed by atoms with Crippen LogP contribution in [0.4, 0.5) is 0 Å². The monoisotopic (exact) mass is 417 g/mol. The van der Waals surface area contributed by atoms with Gasteiger partial charge in [-0.3, -0.25) is 14.2 Å². The summed E-state index contributed by atoms with van der Waals surface area (Å²) in [5.41, 5.74) is 1.74. The van der Waals surface area contributed by atoms with Crippen LogP contribution < -0.4 is 10.5 Å². The molecular weight excluding hydrogens is 398 g/mol. The number of rotatable bonds is 7. The number of carbonyl (C=O) groups is 2. The molecule has 0 spiro atoms. The van der Waals surface area contributed by atoms with E-state index in [-0.39, 0.29) is 17.9 Å². The minimum atomic E-state index is -1.42. The number of ether oxygens (including phenoxy) is 1. The molecular formula is C24H19NO6. The highest BCUT2D eigenvalue weighted by Crippen LogP contribution is 2.20. The van der Waals surface area contributed by atoms with Crippen molar-refractivity contribution in [3.05, 3.63) is 100 Å². The zero-order valence-electron chi connectivity index (χ0n) is 16.6. The Balaban J connectivity index is 1.60. The van der Waals surface area contributed by atoms with Gasteiger partial charge in [0.25, 0.3) is 0 Å². The van der Waals surface area contributed by atoms with Crippen LogP contribution in [0.3, 0.4) is 0 Å². The number of benzene rings is 3. The van der Waals surface area contributed by atoms with Gasteiger partial charge in [-0.25, -0.2) is 4.79 Å². The van der Waals surface area contributed by atoms with Crippen LogP contribution in [0, 0.1) is 0 Å². The molecule has 1 unspecified atom stereocenters. The smallest absolute Gasteiger partial charge is 0.420 e. The van der Waals surface area contributed by atoms with E-state index in [9.17, 15) is 19.5 Å². The van der Waals surface area contributed by atoms with Crippen LogP contribution in [-0.4, -0.2) is 34.5 Å². The van der Waals surface area contributed by atoms with Gasteiger partial charge in [0.2, 0.25) is 0 Å². The van der Waals surface area contributed by atoms with E-state index in [0.717, 1.165) is 0 Å². The molecule has 0 saturated heterocycles. The maximum Gasteiger partial charge on any atom is 0.420 e. The van der Waals surface area contributed by atoms with Gasteiger partial charge in [-0.15, -0.1) is 0 Å². The molecule has 1 aromatic heterocycles. The number of nitrogens with zero attached hydrogens (tertiary/aromatic N) is 1. The Morgan fingerprint density at radius 2 is 1.65 bits per heavy atom. The summed E-state index contributed by atoms with van der Waals surface area (Å²) in [5.74, 6) is -0.810. The third kappa shape index (κ3) is 4.04. The number of ketones is 2. The first-order valence-electron chi connectivity index (χ1n) is 9.57. The van der Waals surface area contributed by atoms with E-state index in [1.807, 2.05) is 0 Å². The Labute approximate surface area is 177 Å². The van der Waals surface area contributed by atoms with Crippen LogP contribution in [0.25, 0.3) is 11.1 Å². The lowest BCUT2D eigenvalue weighted by atomic mass is 10.0. The van der Waals surface area contributed by atoms with E-state index >= 15 is 0 Å². The van der Waals surface area contributed by atoms with Gasteiger partial charge in [0.1, 0.15) is 11.9 Å². The van der Waals surface area contributed by atoms with Crippen LogP contribution in [0.1, 0.15) is 26.3 Å². The lowest BCUT2D eigenvalue weighted by Gasteiger charge is -2.10. The molecule has 0 radical (unpaired) electrons. The number of aliphatic hydroxyl groups is 1. The van der Waals surface area contributed by atoms with Crippen molar-refractivity contribution in [3.8, 4) is 5.75 Å². The van der Waals surface area contributed by atoms with Crippen LogP contribution in [-0.2, 0) is 6.54 Å². The van der Waals surface area contributed by atoms with Crippen molar-refractivity contribution in [3.63, 3.8) is 0 Å². The Morgan fingerprint density at radius 1 is 0.968 bits per heavy atom. The normalized spacial score (nSPS) is 11.9. The molecule has 0 aliphatic rings. The SMILES string of the molecule is COc1ccc(C(=O)c2ccc3c(c2)oc(=O)n3CC(O)C(=O)c2ccccc2)cc1. The van der Waals surface area contributed by atoms with Crippen molar-refractivity contribution >= 4 is 22.7 Å². The first-order chi connectivity index (χ1) is 15.0. The lowest BCUT2D eigenvalue weighted by molar-refractivity contribution is 0.0710. The van der Waals surface area contributed by atoms with Crippen molar-refractivity contribution in [2.45, 2.75) is 12.6 Å². The number of methoxy groups -OCH3 is 1. The second-order valence-electron chi connectivity index (χ2n) is 6.96. The number of oxazole rings is 1. The minimum Gasteiger partial charge on any atom is -0.497 e. The summed E-state index contributed by atoms with van der Waals surface area (Å²) in [7, 11) is 1.54. The molecule has 4 aromatic rings. The summed E-state index contributed by atoms with van der Waals surface area (Å²) in [4.78, 5) is 37.5. The fourth-order valence-corrected chi connectivity index (χ4v) is 3.34. The summed E-state index contributed by atoms with van der Waals surface area (Å²) >= 11 is 0. The summed E-state index contributed by atoms with van der Waals surface area (Å²) in [6.45, 7) is -0.259. The molecule has 0 amide bonds. The maximum atomic E-state index is 12.8. The number of fused-ring (bicyclic) bond motifs is 1. The first kappa shape index (κ1) is 20.3. The summed E-state index contributed by atoms with van der Waals surface area (Å²) in [6, 6.07) is 19.6. The molecule has 1 atom stereocenters. The zero-order chi connectivity index (χ0) is 22.0. The van der Waals surface area contributed by atoms with Crippen molar-refractivity contribution in [2.75, 3.05) is 7.11 Å². The van der Waals surface area contributed by atoms with E-state index in [0.29, 0.717) is 28.0 Å². The van der Waals surface area contributed by atoms with Crippen LogP contribution >= 0.6 is 0 Å². The second kappa shape index (κ2) is 8.41. The zero-order valence-corrected chi connectivity index (χ0v) is 16.6. The van der Waals surface area contributed by atoms with Crippen LogP contribution in [0.2, 0.25) is 0 Å². The van der Waals surface area contributed by atoms with E-state index in [4.69, 9.17) is 9.15 Å². The quantitative estimate of drug-likeness (QED) is 0.464. The topological polar surface area (TPSA) is 98.7 Å². The predicted octanol–water partition coefficient (Wildman–Crippen LogP) is 3.08. The Morgan fingerprint density at radius 3 is 2.32 bits per heavy atom. The van der Waals surface area contributed by atoms with Gasteiger partial charge in [0.15, 0.2) is 17.1 Å². The fraction of sp³-hybridized carbons (Fsp3) is 0.125. The molecule has 4 rings (SSSR count). The van der Waals surface area contributed by atoms with Gasteiger partial charge >= 0.3 is 5.76 Å². The Hall–Kier alpha value is -3.97. The second-order valence-corrected chi connectivity index (χ2v) is 6.96. The summed E-state index contributed by atoms with van der Waals surface area (Å²) in [6.07, 6.45) is -1.42. The molecule has 0 saturated carbocycles. The molecule has 7 nitrogen and oxygen atoms in total. The molecule has 31 heavy (non-hydrogen) atoms. The molecule has 0 bridgehead atoms. The molecule has 1 N–H and O–H groups in total. The van der Waals surface area contributed by atoms with Gasteiger partial charge < -0.3 is 14.3 Å². The highest BCUT2D eigenvalue weighted by molar-refractivity contribution is 6.10. The van der Waals surface area contributed by atoms with Gasteiger partial charge in [0.05, 0.1) is 19.2 Å². The van der Waals surface area contributed by atoms with Gasteiger partial charge in [0, 0.05) is 16.7 Å². The maximum absolute atomic E-state index is 12.8. The van der Waals surface area contributed by atoms with Crippen LogP contribution in [0.5, 0.6) is 5.75 Å². The van der Waals surface area contributed by atoms with Crippen molar-refractivity contribution in [2.24, 2.45) is 0 Å². The number of carbonyl (C=O) groups excluding carboxylic acids is 2. The standard InChI is InChI=1S/C24H19NO6/c1-30-18-10-7-16(8-11-18)22(27)17-9-12-19-21(13-17)31-24(29)25(19)14-20(26)23(28)15-5-3-2-4-6-15/h2-13,20,26H,14H2,1H3. The summed E-state index contributed by atoms with van der Waals surface area (Å²) in [5, 5.41) is 10.3. The third-order valence-corrected chi connectivity index (χ3v) is 5.00. The number of aliphatic hydroxyl groups excluding tert-OH is 1. The molecule has 1 heterocycles. The van der Waals surface area contributed by atoms with Crippen LogP contribution in [0.15, 0.2) is 82.0 Å². The van der Waals surface area contributed by atoms with Crippen molar-refractivity contribution < 1.29 is 23.8 Å². The predicted molar refractivity (Wildman–Crippen MR) is 114 cm³/mol. The molecule has 7 heteroatoms. The van der Waals surface area contributed by atoms with Gasteiger partial charge in [-0.05, 0) is 42.5 Å². The van der Waals surface area contributed by atoms with E-state index in [1.165, 1.54) is 10.6 Å². The fourth-order valence-electron chi connectivity index (χ4n) is 3.34. The minimum absolute atomic E-state index is 0.198. The van der Waals surface area contributed by atoms with Crippen molar-refractivity contribution in [1.29, 1.82) is 0 Å². The summed E-state index contributed by atoms with van der Waals surface area (Å²) < 4.78 is 11.5. The largest absolute Gasteiger partial charge is 0.497 e. The number of Topliss-reactive ketones (excluding diaryl/α,β-unsaturated/α-hetero) is 1. The molecule has 3 aromatic carbocycles. The molecule has 0 aliphatic carbocycles. The average molecular weight is 417 g/mol. The molecule has 0 fully saturated rings. The first-order valence-corrected chi connectivity index (χ1v) is 9.57. The number of hydrogen-bond acceptors (Lipinski definition) is 6. The Kier molecular flexibility index (Phi) is 5.51. The highest BCUT2D eigenvalue weighted by Gasteiger charge is 2.21. The molecule has 0 aliphatic heterocycles.